The summed E-state index contributed by atoms with van der Waals surface area (Å²) in [6, 6.07) is -1.86. The number of nitrogens with one attached hydrogen (secondary N) is 3. The van der Waals surface area contributed by atoms with Crippen LogP contribution < -0.4 is 16.0 Å². The fourth-order valence-corrected chi connectivity index (χ4v) is 6.38. The van der Waals surface area contributed by atoms with Crippen molar-refractivity contribution in [2.24, 2.45) is 29.1 Å². The van der Waals surface area contributed by atoms with E-state index in [1.807, 2.05) is 19.9 Å². The number of fused-ring (bicyclic) bond motifs is 1. The third-order valence-electron chi connectivity index (χ3n) is 8.69. The number of piperidine rings is 1. The van der Waals surface area contributed by atoms with E-state index in [2.05, 4.69) is 10.6 Å². The Balaban J connectivity index is 1.55. The van der Waals surface area contributed by atoms with Gasteiger partial charge in [-0.25, -0.2) is 4.79 Å². The van der Waals surface area contributed by atoms with Gasteiger partial charge in [0.05, 0.1) is 6.07 Å². The highest BCUT2D eigenvalue weighted by atomic mass is 19.4. The van der Waals surface area contributed by atoms with Crippen LogP contribution in [0.2, 0.25) is 0 Å². The first-order valence-electron chi connectivity index (χ1n) is 12.8. The van der Waals surface area contributed by atoms with Crippen LogP contribution in [0.25, 0.3) is 0 Å². The topological polar surface area (TPSA) is 172 Å². The van der Waals surface area contributed by atoms with Crippen LogP contribution >= 0.6 is 0 Å². The van der Waals surface area contributed by atoms with Crippen molar-refractivity contribution in [2.75, 3.05) is 26.2 Å². The highest BCUT2D eigenvalue weighted by Gasteiger charge is 2.70. The second-order valence-corrected chi connectivity index (χ2v) is 11.3. The number of halogens is 3. The van der Waals surface area contributed by atoms with Gasteiger partial charge < -0.3 is 30.9 Å². The van der Waals surface area contributed by atoms with Gasteiger partial charge in [0, 0.05) is 38.0 Å². The van der Waals surface area contributed by atoms with Gasteiger partial charge in [-0.15, -0.1) is 0 Å². The van der Waals surface area contributed by atoms with Gasteiger partial charge >= 0.3 is 18.2 Å². The Morgan fingerprint density at radius 2 is 1.90 bits per heavy atom. The molecule has 4 fully saturated rings. The first-order chi connectivity index (χ1) is 18.2. The number of likely N-dealkylation sites (tertiary alicyclic amines) is 2. The summed E-state index contributed by atoms with van der Waals surface area (Å²) < 4.78 is 39.4. The van der Waals surface area contributed by atoms with Crippen molar-refractivity contribution >= 4 is 29.7 Å². The van der Waals surface area contributed by atoms with Gasteiger partial charge in [0.15, 0.2) is 0 Å². The molecule has 12 nitrogen and oxygen atoms in total. The quantitative estimate of drug-likeness (QED) is 0.343. The number of nitrogens with zero attached hydrogens (tertiary/aromatic N) is 3. The van der Waals surface area contributed by atoms with E-state index in [-0.39, 0.29) is 55.6 Å². The molecule has 7 atom stereocenters. The van der Waals surface area contributed by atoms with E-state index in [1.165, 1.54) is 0 Å². The Kier molecular flexibility index (Phi) is 7.44. The van der Waals surface area contributed by atoms with Gasteiger partial charge in [0.2, 0.25) is 17.7 Å². The molecule has 4 rings (SSSR count). The van der Waals surface area contributed by atoms with Gasteiger partial charge in [0.25, 0.3) is 0 Å². The van der Waals surface area contributed by atoms with E-state index < -0.39 is 60.0 Å². The molecule has 3 aliphatic heterocycles. The normalized spacial score (nSPS) is 30.6. The minimum atomic E-state index is -5.28. The minimum Gasteiger partial charge on any atom is -0.465 e. The number of rotatable bonds is 7. The molecule has 39 heavy (non-hydrogen) atoms. The van der Waals surface area contributed by atoms with E-state index in [1.54, 1.807) is 5.32 Å². The van der Waals surface area contributed by atoms with Gasteiger partial charge in [-0.2, -0.15) is 18.4 Å². The molecule has 0 aromatic carbocycles. The van der Waals surface area contributed by atoms with E-state index in [0.29, 0.717) is 13.0 Å². The summed E-state index contributed by atoms with van der Waals surface area (Å²) in [5.74, 6) is -5.96. The standard InChI is InChI=1S/C24H31F3N6O6/c1-23(2)14-10-33(17(15(14)23)19(35)30-13(8-28)7-11-3-5-29-18(11)34)20(36)16(31-21(37)24(25,26)27)12-4-6-32(9-12)22(38)39/h11-17H,3-7,9-10H2,1-2H3,(H,29,34)(H,30,35)(H,31,37)(H,38,39)/t11-,12-,13?,14-,15-,16?,17-/m0/s1. The van der Waals surface area contributed by atoms with E-state index in [9.17, 15) is 47.5 Å². The van der Waals surface area contributed by atoms with Crippen LogP contribution in [0.5, 0.6) is 0 Å². The highest BCUT2D eigenvalue weighted by Crippen LogP contribution is 2.65. The zero-order valence-electron chi connectivity index (χ0n) is 21.5. The maximum absolute atomic E-state index is 13.7. The fraction of sp³-hybridized carbons (Fsp3) is 0.750. The zero-order valence-corrected chi connectivity index (χ0v) is 21.5. The number of alkyl halides is 3. The Morgan fingerprint density at radius 3 is 2.44 bits per heavy atom. The minimum absolute atomic E-state index is 0.0214. The summed E-state index contributed by atoms with van der Waals surface area (Å²) in [6.45, 7) is 4.05. The Hall–Kier alpha value is -3.57. The lowest BCUT2D eigenvalue weighted by Crippen LogP contribution is -2.60. The SMILES string of the molecule is CC1(C)[C@@H]2[C@@H](C(=O)NC(C#N)C[C@@H]3CCNC3=O)N(C(=O)C(NC(=O)C(F)(F)F)[C@H]3CCN(C(=O)O)C3)C[C@@H]21. The van der Waals surface area contributed by atoms with Crippen molar-refractivity contribution in [3.63, 3.8) is 0 Å². The monoisotopic (exact) mass is 556 g/mol. The molecule has 5 amide bonds. The average Bonchev–Trinajstić information content (AvgIpc) is 3.40. The van der Waals surface area contributed by atoms with Gasteiger partial charge in [-0.3, -0.25) is 19.2 Å². The number of amides is 5. The number of carboxylic acid groups (broad SMARTS) is 1. The third kappa shape index (κ3) is 5.46. The molecule has 0 bridgehead atoms. The van der Waals surface area contributed by atoms with Crippen LogP contribution in [0.4, 0.5) is 18.0 Å². The van der Waals surface area contributed by atoms with Crippen LogP contribution in [-0.4, -0.2) is 95.1 Å². The Bertz CT molecular complexity index is 1110. The molecule has 0 spiro atoms. The van der Waals surface area contributed by atoms with Crippen LogP contribution in [0.1, 0.15) is 33.1 Å². The molecule has 214 valence electrons. The maximum Gasteiger partial charge on any atom is 0.471 e. The smallest absolute Gasteiger partial charge is 0.465 e. The molecule has 0 aromatic heterocycles. The number of carbonyl (C=O) groups is 5. The molecule has 3 heterocycles. The molecule has 2 unspecified atom stereocenters. The van der Waals surface area contributed by atoms with Crippen LogP contribution in [0.3, 0.4) is 0 Å². The van der Waals surface area contributed by atoms with Crippen molar-refractivity contribution < 1.29 is 42.3 Å². The predicted molar refractivity (Wildman–Crippen MR) is 125 cm³/mol. The second kappa shape index (κ2) is 10.2. The molecule has 0 radical (unpaired) electrons. The lowest BCUT2D eigenvalue weighted by molar-refractivity contribution is -0.175. The van der Waals surface area contributed by atoms with Gasteiger partial charge in [0.1, 0.15) is 18.1 Å². The second-order valence-electron chi connectivity index (χ2n) is 11.3. The zero-order chi connectivity index (χ0) is 28.9. The summed E-state index contributed by atoms with van der Waals surface area (Å²) in [5, 5.41) is 25.9. The van der Waals surface area contributed by atoms with E-state index in [4.69, 9.17) is 0 Å². The summed E-state index contributed by atoms with van der Waals surface area (Å²) in [4.78, 5) is 64.5. The van der Waals surface area contributed by atoms with Gasteiger partial charge in [-0.05, 0) is 36.5 Å². The Morgan fingerprint density at radius 1 is 1.21 bits per heavy atom. The molecule has 4 aliphatic rings. The molecular formula is C24H31F3N6O6. The van der Waals surface area contributed by atoms with E-state index >= 15 is 0 Å². The third-order valence-corrected chi connectivity index (χ3v) is 8.69. The first-order valence-corrected chi connectivity index (χ1v) is 12.8. The molecule has 15 heteroatoms. The van der Waals surface area contributed by atoms with Crippen molar-refractivity contribution in [1.29, 1.82) is 5.26 Å². The Labute approximate surface area is 222 Å². The van der Waals surface area contributed by atoms with Crippen molar-refractivity contribution in [1.82, 2.24) is 25.8 Å². The van der Waals surface area contributed by atoms with Gasteiger partial charge in [-0.1, -0.05) is 13.8 Å². The molecule has 1 saturated carbocycles. The van der Waals surface area contributed by atoms with Crippen LogP contribution in [0, 0.1) is 40.4 Å². The number of hydrogen-bond acceptors (Lipinski definition) is 6. The molecule has 4 N–H and O–H groups in total. The van der Waals surface area contributed by atoms with E-state index in [0.717, 1.165) is 9.80 Å². The van der Waals surface area contributed by atoms with Crippen molar-refractivity contribution in [3.05, 3.63) is 0 Å². The van der Waals surface area contributed by atoms with Crippen molar-refractivity contribution in [3.8, 4) is 6.07 Å². The molecular weight excluding hydrogens is 525 g/mol. The summed E-state index contributed by atoms with van der Waals surface area (Å²) in [5.41, 5.74) is -0.343. The van der Waals surface area contributed by atoms with Crippen LogP contribution in [0.15, 0.2) is 0 Å². The number of nitriles is 1. The first kappa shape index (κ1) is 28.4. The van der Waals surface area contributed by atoms with Crippen molar-refractivity contribution in [2.45, 2.75) is 57.4 Å². The highest BCUT2D eigenvalue weighted by molar-refractivity contribution is 5.95. The molecule has 3 saturated heterocycles. The summed E-state index contributed by atoms with van der Waals surface area (Å²) in [6.07, 6.45) is -5.95. The number of hydrogen-bond donors (Lipinski definition) is 4. The number of carbonyl (C=O) groups excluding carboxylic acids is 4. The lowest BCUT2D eigenvalue weighted by atomic mass is 9.94. The average molecular weight is 557 g/mol. The maximum atomic E-state index is 13.7. The molecule has 1 aliphatic carbocycles. The summed E-state index contributed by atoms with van der Waals surface area (Å²) >= 11 is 0. The fourth-order valence-electron chi connectivity index (χ4n) is 6.38. The van der Waals surface area contributed by atoms with Crippen LogP contribution in [-0.2, 0) is 19.2 Å². The lowest BCUT2D eigenvalue weighted by Gasteiger charge is -2.35. The summed E-state index contributed by atoms with van der Waals surface area (Å²) in [7, 11) is 0. The molecule has 0 aromatic rings. The largest absolute Gasteiger partial charge is 0.471 e. The predicted octanol–water partition coefficient (Wildman–Crippen LogP) is 0.0510.